The van der Waals surface area contributed by atoms with Gasteiger partial charge in [0.15, 0.2) is 0 Å². The van der Waals surface area contributed by atoms with Crippen molar-refractivity contribution in [1.82, 2.24) is 5.32 Å². The predicted molar refractivity (Wildman–Crippen MR) is 141 cm³/mol. The number of carbonyl (C=O) groups is 2. The molecule has 0 aromatic rings. The SMILES string of the molecule is CC(=O)OC(C)(C)/C=C\C(=O)N[C@@H]1C[C@H](C)[C@H](C/C=C(C)/C=C/[C@H]2OC(C)(C)C[C@@]3(CO3)[C@@H]2O)O[C@@H]1C. The van der Waals surface area contributed by atoms with Crippen molar-refractivity contribution in [3.8, 4) is 0 Å². The summed E-state index contributed by atoms with van der Waals surface area (Å²) in [6.07, 6.45) is 10.2. The largest absolute Gasteiger partial charge is 0.456 e. The van der Waals surface area contributed by atoms with E-state index in [0.29, 0.717) is 13.0 Å². The third-order valence-electron chi connectivity index (χ3n) is 7.35. The minimum atomic E-state index is -0.848. The highest BCUT2D eigenvalue weighted by atomic mass is 16.6. The van der Waals surface area contributed by atoms with E-state index in [-0.39, 0.29) is 35.7 Å². The van der Waals surface area contributed by atoms with Crippen LogP contribution in [0, 0.1) is 5.92 Å². The second kappa shape index (κ2) is 11.4. The first-order valence-corrected chi connectivity index (χ1v) is 13.3. The fraction of sp³-hybridized carbons (Fsp3) is 0.724. The number of epoxide rings is 1. The van der Waals surface area contributed by atoms with Gasteiger partial charge < -0.3 is 29.4 Å². The second-order valence-electron chi connectivity index (χ2n) is 12.1. The lowest BCUT2D eigenvalue weighted by Gasteiger charge is -2.41. The van der Waals surface area contributed by atoms with Crippen molar-refractivity contribution in [1.29, 1.82) is 0 Å². The molecule has 0 saturated carbocycles. The van der Waals surface area contributed by atoms with Gasteiger partial charge in [-0.2, -0.15) is 0 Å². The monoisotopic (exact) mass is 519 g/mol. The van der Waals surface area contributed by atoms with Gasteiger partial charge in [-0.15, -0.1) is 0 Å². The molecule has 0 bridgehead atoms. The second-order valence-corrected chi connectivity index (χ2v) is 12.1. The number of amides is 1. The zero-order valence-electron chi connectivity index (χ0n) is 23.6. The maximum absolute atomic E-state index is 12.5. The van der Waals surface area contributed by atoms with Crippen LogP contribution >= 0.6 is 0 Å². The number of rotatable bonds is 8. The molecule has 1 amide bonds. The number of aliphatic hydroxyl groups excluding tert-OH is 1. The minimum absolute atomic E-state index is 0.0449. The standard InChI is InChI=1S/C29H45NO7/c1-18(10-12-24-26(33)29(17-34-29)16-28(7,8)37-24)9-11-23-19(2)15-22(20(3)35-23)30-25(32)13-14-27(5,6)36-21(4)31/h9-10,12-14,19-20,22-24,26,33H,11,15-17H2,1-8H3,(H,30,32)/b12-10+,14-13-,18-9+/t19-,20+,22+,23-,24+,26+,29+/m0/s1. The molecule has 3 fully saturated rings. The van der Waals surface area contributed by atoms with E-state index in [2.05, 4.69) is 18.3 Å². The Morgan fingerprint density at radius 2 is 1.86 bits per heavy atom. The fourth-order valence-electron chi connectivity index (χ4n) is 5.35. The minimum Gasteiger partial charge on any atom is -0.456 e. The zero-order chi connectivity index (χ0) is 27.6. The predicted octanol–water partition coefficient (Wildman–Crippen LogP) is 3.77. The molecule has 1 spiro atoms. The lowest BCUT2D eigenvalue weighted by molar-refractivity contribution is -0.171. The maximum Gasteiger partial charge on any atom is 0.303 e. The zero-order valence-corrected chi connectivity index (χ0v) is 23.6. The van der Waals surface area contributed by atoms with Gasteiger partial charge in [0.25, 0.3) is 0 Å². The first-order valence-electron chi connectivity index (χ1n) is 13.3. The highest BCUT2D eigenvalue weighted by Crippen LogP contribution is 2.46. The van der Waals surface area contributed by atoms with Crippen LogP contribution in [0.1, 0.15) is 74.7 Å². The van der Waals surface area contributed by atoms with Crippen LogP contribution in [0.5, 0.6) is 0 Å². The quantitative estimate of drug-likeness (QED) is 0.218. The van der Waals surface area contributed by atoms with Crippen molar-refractivity contribution in [3.63, 3.8) is 0 Å². The number of ether oxygens (including phenoxy) is 4. The first-order chi connectivity index (χ1) is 17.1. The third kappa shape index (κ3) is 8.24. The Morgan fingerprint density at radius 3 is 2.49 bits per heavy atom. The summed E-state index contributed by atoms with van der Waals surface area (Å²) >= 11 is 0. The van der Waals surface area contributed by atoms with Gasteiger partial charge in [0.1, 0.15) is 23.4 Å². The van der Waals surface area contributed by atoms with Crippen LogP contribution in [-0.2, 0) is 28.5 Å². The molecule has 3 aliphatic heterocycles. The van der Waals surface area contributed by atoms with E-state index in [9.17, 15) is 14.7 Å². The summed E-state index contributed by atoms with van der Waals surface area (Å²) in [5.41, 5.74) is -0.580. The molecule has 0 aromatic heterocycles. The number of allylic oxidation sites excluding steroid dienone is 2. The maximum atomic E-state index is 12.5. The Labute approximate surface area is 221 Å². The molecule has 3 aliphatic rings. The lowest BCUT2D eigenvalue weighted by atomic mass is 9.83. The Balaban J connectivity index is 1.50. The van der Waals surface area contributed by atoms with Gasteiger partial charge in [-0.1, -0.05) is 30.7 Å². The van der Waals surface area contributed by atoms with Crippen LogP contribution in [0.2, 0.25) is 0 Å². The third-order valence-corrected chi connectivity index (χ3v) is 7.35. The first kappa shape index (κ1) is 29.6. The summed E-state index contributed by atoms with van der Waals surface area (Å²) in [5.74, 6) is -0.373. The number of hydrogen-bond donors (Lipinski definition) is 2. The molecule has 8 nitrogen and oxygen atoms in total. The smallest absolute Gasteiger partial charge is 0.303 e. The van der Waals surface area contributed by atoms with Crippen LogP contribution in [0.4, 0.5) is 0 Å². The summed E-state index contributed by atoms with van der Waals surface area (Å²) in [6, 6.07) is -0.101. The molecule has 0 aromatic carbocycles. The molecule has 8 heteroatoms. The molecule has 0 unspecified atom stereocenters. The average Bonchev–Trinajstić information content (AvgIpc) is 3.53. The molecule has 208 valence electrons. The van der Waals surface area contributed by atoms with Crippen molar-refractivity contribution in [2.24, 2.45) is 5.92 Å². The molecule has 3 heterocycles. The normalized spacial score (nSPS) is 36.2. The van der Waals surface area contributed by atoms with Crippen molar-refractivity contribution < 1.29 is 33.6 Å². The van der Waals surface area contributed by atoms with Gasteiger partial charge in [0.2, 0.25) is 5.91 Å². The van der Waals surface area contributed by atoms with Gasteiger partial charge in [-0.25, -0.2) is 0 Å². The summed E-state index contributed by atoms with van der Waals surface area (Å²) in [6.45, 7) is 15.6. The number of nitrogens with one attached hydrogen (secondary N) is 1. The molecule has 0 radical (unpaired) electrons. The van der Waals surface area contributed by atoms with Gasteiger partial charge in [-0.05, 0) is 66.4 Å². The van der Waals surface area contributed by atoms with Crippen molar-refractivity contribution in [3.05, 3.63) is 36.0 Å². The lowest BCUT2D eigenvalue weighted by Crippen LogP contribution is -2.53. The number of aliphatic hydroxyl groups is 1. The number of carbonyl (C=O) groups excluding carboxylic acids is 2. The summed E-state index contributed by atoms with van der Waals surface area (Å²) in [5, 5.41) is 13.7. The molecular weight excluding hydrogens is 474 g/mol. The van der Waals surface area contributed by atoms with Crippen LogP contribution in [0.25, 0.3) is 0 Å². The van der Waals surface area contributed by atoms with E-state index >= 15 is 0 Å². The summed E-state index contributed by atoms with van der Waals surface area (Å²) in [7, 11) is 0. The Bertz CT molecular complexity index is 931. The van der Waals surface area contributed by atoms with Gasteiger partial charge >= 0.3 is 5.97 Å². The van der Waals surface area contributed by atoms with Gasteiger partial charge in [0, 0.05) is 19.4 Å². The van der Waals surface area contributed by atoms with Crippen LogP contribution in [-0.4, -0.2) is 70.9 Å². The molecule has 3 saturated heterocycles. The molecule has 37 heavy (non-hydrogen) atoms. The number of hydrogen-bond acceptors (Lipinski definition) is 7. The van der Waals surface area contributed by atoms with Crippen LogP contribution in [0.3, 0.4) is 0 Å². The number of esters is 1. The fourth-order valence-corrected chi connectivity index (χ4v) is 5.35. The van der Waals surface area contributed by atoms with Crippen LogP contribution in [0.15, 0.2) is 36.0 Å². The van der Waals surface area contributed by atoms with Crippen LogP contribution < -0.4 is 5.32 Å². The van der Waals surface area contributed by atoms with E-state index < -0.39 is 29.4 Å². The molecule has 7 atom stereocenters. The average molecular weight is 520 g/mol. The van der Waals surface area contributed by atoms with E-state index in [1.807, 2.05) is 39.8 Å². The van der Waals surface area contributed by atoms with E-state index in [1.165, 1.54) is 13.0 Å². The molecule has 3 rings (SSSR count). The Kier molecular flexibility index (Phi) is 9.10. The summed E-state index contributed by atoms with van der Waals surface area (Å²) in [4.78, 5) is 23.7. The molecule has 0 aliphatic carbocycles. The van der Waals surface area contributed by atoms with Gasteiger partial charge in [-0.3, -0.25) is 9.59 Å². The molecular formula is C29H45NO7. The summed E-state index contributed by atoms with van der Waals surface area (Å²) < 4.78 is 23.2. The topological polar surface area (TPSA) is 107 Å². The van der Waals surface area contributed by atoms with Crippen molar-refractivity contribution >= 4 is 11.9 Å². The van der Waals surface area contributed by atoms with E-state index in [1.54, 1.807) is 19.9 Å². The van der Waals surface area contributed by atoms with Crippen molar-refractivity contribution in [2.45, 2.75) is 122 Å². The van der Waals surface area contributed by atoms with Gasteiger partial charge in [0.05, 0.1) is 30.5 Å². The Hall–Kier alpha value is -2.00. The molecule has 2 N–H and O–H groups in total. The Morgan fingerprint density at radius 1 is 1.19 bits per heavy atom. The van der Waals surface area contributed by atoms with E-state index in [4.69, 9.17) is 18.9 Å². The van der Waals surface area contributed by atoms with Crippen molar-refractivity contribution in [2.75, 3.05) is 6.61 Å². The highest BCUT2D eigenvalue weighted by Gasteiger charge is 2.60. The van der Waals surface area contributed by atoms with E-state index in [0.717, 1.165) is 18.4 Å². The highest BCUT2D eigenvalue weighted by molar-refractivity contribution is 5.88.